The van der Waals surface area contributed by atoms with E-state index in [-0.39, 0.29) is 20.1 Å². The second-order valence-electron chi connectivity index (χ2n) is 1.84. The Morgan fingerprint density at radius 3 is 1.33 bits per heavy atom. The van der Waals surface area contributed by atoms with E-state index in [1.54, 1.807) is 0 Å². The smallest absolute Gasteiger partial charge is 0.323 e. The van der Waals surface area contributed by atoms with Gasteiger partial charge in [-0.3, -0.25) is 14.4 Å². The summed E-state index contributed by atoms with van der Waals surface area (Å²) < 4.78 is 20.7. The molecule has 10 heteroatoms. The quantitative estimate of drug-likeness (QED) is 0.416. The molecule has 75 valence electrons. The summed E-state index contributed by atoms with van der Waals surface area (Å²) in [4.78, 5) is 33.5. The first-order valence-electron chi connectivity index (χ1n) is 2.47. The van der Waals surface area contributed by atoms with Crippen LogP contribution < -0.4 is 5.32 Å². The molecule has 0 amide bonds. The third kappa shape index (κ3) is 4.82. The predicted molar refractivity (Wildman–Crippen MR) is 36.9 cm³/mol. The van der Waals surface area contributed by atoms with Crippen LogP contribution in [0.2, 0.25) is 0 Å². The average molecular weight is 303 g/mol. The molecule has 0 spiro atoms. The van der Waals surface area contributed by atoms with Gasteiger partial charge in [0, 0.05) is 20.1 Å². The van der Waals surface area contributed by atoms with E-state index in [9.17, 15) is 9.13 Å². The first-order chi connectivity index (χ1) is 4.69. The molecule has 0 saturated heterocycles. The van der Waals surface area contributed by atoms with E-state index in [0.717, 1.165) is 7.05 Å². The van der Waals surface area contributed by atoms with Gasteiger partial charge in [0.15, 0.2) is 0 Å². The monoisotopic (exact) mass is 302 g/mol. The largest absolute Gasteiger partial charge is 0.354 e. The van der Waals surface area contributed by atoms with Gasteiger partial charge >= 0.3 is 15.2 Å². The second-order valence-corrected chi connectivity index (χ2v) is 5.64. The van der Waals surface area contributed by atoms with Crippen molar-refractivity contribution in [3.8, 4) is 0 Å². The summed E-state index contributed by atoms with van der Waals surface area (Å²) in [5, 5.41) is 1.86. The molecule has 7 nitrogen and oxygen atoms in total. The Bertz CT molecular complexity index is 198. The fourth-order valence-electron chi connectivity index (χ4n) is 0.532. The van der Waals surface area contributed by atoms with E-state index in [4.69, 9.17) is 19.6 Å². The van der Waals surface area contributed by atoms with Crippen LogP contribution in [0.4, 0.5) is 0 Å². The molecule has 0 heterocycles. The molecule has 0 aromatic carbocycles. The molecular weight excluding hydrogens is 294 g/mol. The van der Waals surface area contributed by atoms with Gasteiger partial charge in [0.05, 0.1) is 0 Å². The normalized spacial score (nSPS) is 12.8. The molecule has 0 fully saturated rings. The maximum Gasteiger partial charge on any atom is 0.354 e. The molecule has 12 heavy (non-hydrogen) atoms. The number of hydrogen-bond donors (Lipinski definition) is 5. The molecule has 5 N–H and O–H groups in total. The molecule has 0 rings (SSSR count). The molecule has 0 saturated carbocycles. The number of nitrogens with one attached hydrogen (secondary N) is 1. The van der Waals surface area contributed by atoms with Gasteiger partial charge < -0.3 is 19.6 Å². The zero-order valence-electron chi connectivity index (χ0n) is 5.96. The van der Waals surface area contributed by atoms with Crippen LogP contribution in [0, 0.1) is 0 Å². The fourth-order valence-corrected chi connectivity index (χ4v) is 2.77. The van der Waals surface area contributed by atoms with Crippen molar-refractivity contribution in [2.75, 3.05) is 7.05 Å². The zero-order valence-corrected chi connectivity index (χ0v) is 9.60. The Morgan fingerprint density at radius 1 is 1.08 bits per heavy atom. The molecule has 0 aromatic rings. The SMILES string of the molecule is CNC(P(=O)(O)O)P(=O)(O)O.[Tc]. The van der Waals surface area contributed by atoms with Gasteiger partial charge in [0.25, 0.3) is 0 Å². The Labute approximate surface area is 82.2 Å². The Morgan fingerprint density at radius 2 is 1.33 bits per heavy atom. The summed E-state index contributed by atoms with van der Waals surface area (Å²) in [6.45, 7) is 0. The van der Waals surface area contributed by atoms with Crippen molar-refractivity contribution in [2.45, 2.75) is 5.52 Å². The third-order valence-corrected chi connectivity index (χ3v) is 4.49. The summed E-state index contributed by atoms with van der Waals surface area (Å²) in [6.07, 6.45) is 0. The molecule has 0 bridgehead atoms. The van der Waals surface area contributed by atoms with Gasteiger partial charge in [-0.15, -0.1) is 0 Å². The molecule has 0 aliphatic rings. The fraction of sp³-hybridized carbons (Fsp3) is 1.00. The second kappa shape index (κ2) is 4.96. The third-order valence-electron chi connectivity index (χ3n) is 0.895. The molecule has 0 unspecified atom stereocenters. The number of hydrogen-bond acceptors (Lipinski definition) is 3. The number of rotatable bonds is 3. The van der Waals surface area contributed by atoms with Crippen LogP contribution in [0.5, 0.6) is 0 Å². The zero-order chi connectivity index (χ0) is 9.28. The maximum atomic E-state index is 10.3. The summed E-state index contributed by atoms with van der Waals surface area (Å²) in [7, 11) is -8.48. The Kier molecular flexibility index (Phi) is 6.36. The van der Waals surface area contributed by atoms with Crippen LogP contribution in [0.1, 0.15) is 0 Å². The van der Waals surface area contributed by atoms with E-state index in [2.05, 4.69) is 0 Å². The van der Waals surface area contributed by atoms with Crippen molar-refractivity contribution in [2.24, 2.45) is 0 Å². The molecule has 0 atom stereocenters. The van der Waals surface area contributed by atoms with Crippen molar-refractivity contribution < 1.29 is 48.8 Å². The molecule has 0 aliphatic heterocycles. The van der Waals surface area contributed by atoms with E-state index in [0.29, 0.717) is 0 Å². The van der Waals surface area contributed by atoms with E-state index in [1.807, 2.05) is 5.32 Å². The van der Waals surface area contributed by atoms with Gasteiger partial charge in [0.2, 0.25) is 5.52 Å². The van der Waals surface area contributed by atoms with Gasteiger partial charge in [-0.2, -0.15) is 0 Å². The van der Waals surface area contributed by atoms with Crippen molar-refractivity contribution in [3.05, 3.63) is 0 Å². The van der Waals surface area contributed by atoms with Gasteiger partial charge in [-0.1, -0.05) is 0 Å². The minimum Gasteiger partial charge on any atom is -0.323 e. The average Bonchev–Trinajstić information content (AvgIpc) is 1.56. The summed E-state index contributed by atoms with van der Waals surface area (Å²) in [5.74, 6) is 0. The minimum atomic E-state index is -4.77. The maximum absolute atomic E-state index is 10.3. The first-order valence-corrected chi connectivity index (χ1v) is 5.83. The Hall–Kier alpha value is 0.909. The van der Waals surface area contributed by atoms with E-state index >= 15 is 0 Å². The minimum absolute atomic E-state index is 0. The Balaban J connectivity index is 0. The van der Waals surface area contributed by atoms with Crippen molar-refractivity contribution >= 4 is 15.2 Å². The molecule has 0 aromatic heterocycles. The van der Waals surface area contributed by atoms with Crippen LogP contribution in [0.15, 0.2) is 0 Å². The van der Waals surface area contributed by atoms with Crippen molar-refractivity contribution in [1.29, 1.82) is 0 Å². The summed E-state index contributed by atoms with van der Waals surface area (Å²) >= 11 is 0. The standard InChI is InChI=1S/C2H9NO6P2.Tc/c1-3-2(10(4,5)6)11(7,8)9;/h2-3H,1H3,(H2,4,5,6)(H2,7,8,9);. The summed E-state index contributed by atoms with van der Waals surface area (Å²) in [5.41, 5.74) is -2.10. The van der Waals surface area contributed by atoms with Gasteiger partial charge in [0.1, 0.15) is 0 Å². The first kappa shape index (κ1) is 15.4. The van der Waals surface area contributed by atoms with Crippen LogP contribution in [0.3, 0.4) is 0 Å². The van der Waals surface area contributed by atoms with Gasteiger partial charge in [-0.05, 0) is 7.05 Å². The van der Waals surface area contributed by atoms with Crippen molar-refractivity contribution in [3.63, 3.8) is 0 Å². The molecule has 1 radical (unpaired) electrons. The van der Waals surface area contributed by atoms with E-state index in [1.165, 1.54) is 0 Å². The van der Waals surface area contributed by atoms with Crippen molar-refractivity contribution in [1.82, 2.24) is 5.32 Å². The van der Waals surface area contributed by atoms with Gasteiger partial charge in [-0.25, -0.2) is 0 Å². The van der Waals surface area contributed by atoms with Crippen LogP contribution >= 0.6 is 15.2 Å². The molecule has 0 aliphatic carbocycles. The summed E-state index contributed by atoms with van der Waals surface area (Å²) in [6, 6.07) is 0. The van der Waals surface area contributed by atoms with Crippen LogP contribution in [-0.4, -0.2) is 32.1 Å². The van der Waals surface area contributed by atoms with E-state index < -0.39 is 20.7 Å². The molecular formula is C2H9NO6P2Tc. The van der Waals surface area contributed by atoms with Crippen LogP contribution in [0.25, 0.3) is 0 Å². The topological polar surface area (TPSA) is 127 Å². The van der Waals surface area contributed by atoms with Crippen LogP contribution in [-0.2, 0) is 29.2 Å². The predicted octanol–water partition coefficient (Wildman–Crippen LogP) is -1.16.